The molecule has 0 radical (unpaired) electrons. The largest absolute Gasteiger partial charge is 0.332 e. The molecule has 5 heteroatoms. The van der Waals surface area contributed by atoms with Gasteiger partial charge in [-0.3, -0.25) is 0 Å². The molecule has 0 fully saturated rings. The lowest BCUT2D eigenvalue weighted by atomic mass is 10.1. The van der Waals surface area contributed by atoms with Crippen LogP contribution in [0, 0.1) is 5.92 Å². The Balaban J connectivity index is 2.31. The van der Waals surface area contributed by atoms with E-state index in [2.05, 4.69) is 31.1 Å². The van der Waals surface area contributed by atoms with Gasteiger partial charge in [-0.1, -0.05) is 20.8 Å². The maximum absolute atomic E-state index is 4.80. The number of hydrogen-bond acceptors (Lipinski definition) is 4. The van der Waals surface area contributed by atoms with Crippen LogP contribution in [-0.2, 0) is 20.0 Å². The molecule has 0 amide bonds. The summed E-state index contributed by atoms with van der Waals surface area (Å²) in [5.41, 5.74) is 1.22. The monoisotopic (exact) mass is 278 g/mol. The molecule has 0 aliphatic heterocycles. The summed E-state index contributed by atoms with van der Waals surface area (Å²) in [5, 5.41) is 4.42. The molecule has 0 aromatic carbocycles. The molecule has 1 N–H and O–H groups in total. The van der Waals surface area contributed by atoms with Gasteiger partial charge in [0.1, 0.15) is 0 Å². The molecule has 4 nitrogen and oxygen atoms in total. The molecule has 2 aromatic heterocycles. The number of nitrogens with one attached hydrogen (secondary N) is 1. The molecule has 0 saturated carbocycles. The van der Waals surface area contributed by atoms with Crippen molar-refractivity contribution in [3.05, 3.63) is 23.0 Å². The summed E-state index contributed by atoms with van der Waals surface area (Å²) >= 11 is 1.76. The second-order valence-electron chi connectivity index (χ2n) is 5.13. The highest BCUT2D eigenvalue weighted by atomic mass is 32.1. The van der Waals surface area contributed by atoms with Crippen LogP contribution >= 0.6 is 11.3 Å². The maximum Gasteiger partial charge on any atom is 0.168 e. The minimum atomic E-state index is 0.622. The van der Waals surface area contributed by atoms with Gasteiger partial charge in [0, 0.05) is 30.9 Å². The molecular weight excluding hydrogens is 256 g/mol. The smallest absolute Gasteiger partial charge is 0.168 e. The zero-order chi connectivity index (χ0) is 13.8. The van der Waals surface area contributed by atoms with E-state index in [9.17, 15) is 0 Å². The summed E-state index contributed by atoms with van der Waals surface area (Å²) in [6, 6.07) is 0. The standard InChI is InChI=1S/C14H22N4S/c1-5-15-9-12-11(8-10(2)3)17-14(19-12)13-16-6-7-18(13)4/h6-7,10,15H,5,8-9H2,1-4H3. The molecule has 0 saturated heterocycles. The first kappa shape index (κ1) is 14.2. The van der Waals surface area contributed by atoms with E-state index in [4.69, 9.17) is 4.98 Å². The molecular formula is C14H22N4S. The first-order valence-electron chi connectivity index (χ1n) is 6.78. The van der Waals surface area contributed by atoms with Crippen LogP contribution in [0.1, 0.15) is 31.3 Å². The average molecular weight is 278 g/mol. The third-order valence-electron chi connectivity index (χ3n) is 2.93. The second-order valence-corrected chi connectivity index (χ2v) is 6.21. The Morgan fingerprint density at radius 3 is 2.79 bits per heavy atom. The van der Waals surface area contributed by atoms with E-state index in [0.717, 1.165) is 30.3 Å². The molecule has 104 valence electrons. The highest BCUT2D eigenvalue weighted by Gasteiger charge is 2.15. The van der Waals surface area contributed by atoms with Crippen LogP contribution < -0.4 is 5.32 Å². The number of rotatable bonds is 6. The predicted octanol–water partition coefficient (Wildman–Crippen LogP) is 2.85. The Labute approximate surface area is 118 Å². The van der Waals surface area contributed by atoms with Gasteiger partial charge in [0.2, 0.25) is 0 Å². The normalized spacial score (nSPS) is 11.4. The maximum atomic E-state index is 4.80. The quantitative estimate of drug-likeness (QED) is 0.883. The molecule has 0 atom stereocenters. The minimum Gasteiger partial charge on any atom is -0.332 e. The van der Waals surface area contributed by atoms with E-state index in [-0.39, 0.29) is 0 Å². The van der Waals surface area contributed by atoms with Crippen LogP contribution in [0.4, 0.5) is 0 Å². The zero-order valence-corrected chi connectivity index (χ0v) is 12.9. The van der Waals surface area contributed by atoms with Crippen molar-refractivity contribution < 1.29 is 0 Å². The third-order valence-corrected chi connectivity index (χ3v) is 4.02. The van der Waals surface area contributed by atoms with E-state index in [1.54, 1.807) is 11.3 Å². The summed E-state index contributed by atoms with van der Waals surface area (Å²) < 4.78 is 2.02. The van der Waals surface area contributed by atoms with Crippen LogP contribution in [0.3, 0.4) is 0 Å². The molecule has 2 heterocycles. The summed E-state index contributed by atoms with van der Waals surface area (Å²) in [7, 11) is 2.01. The number of hydrogen-bond donors (Lipinski definition) is 1. The van der Waals surface area contributed by atoms with Gasteiger partial charge in [-0.2, -0.15) is 0 Å². The van der Waals surface area contributed by atoms with E-state index in [1.807, 2.05) is 24.0 Å². The summed E-state index contributed by atoms with van der Waals surface area (Å²) in [5.74, 6) is 1.58. The lowest BCUT2D eigenvalue weighted by Gasteiger charge is -2.04. The molecule has 2 aromatic rings. The van der Waals surface area contributed by atoms with Gasteiger partial charge in [-0.05, 0) is 18.9 Å². The molecule has 2 rings (SSSR count). The molecule has 0 aliphatic carbocycles. The fraction of sp³-hybridized carbons (Fsp3) is 0.571. The van der Waals surface area contributed by atoms with Crippen LogP contribution in [-0.4, -0.2) is 21.1 Å². The first-order valence-corrected chi connectivity index (χ1v) is 7.60. The fourth-order valence-corrected chi connectivity index (χ4v) is 3.07. The van der Waals surface area contributed by atoms with Gasteiger partial charge < -0.3 is 9.88 Å². The first-order chi connectivity index (χ1) is 9.11. The molecule has 19 heavy (non-hydrogen) atoms. The summed E-state index contributed by atoms with van der Waals surface area (Å²) in [4.78, 5) is 10.5. The summed E-state index contributed by atoms with van der Waals surface area (Å²) in [6.07, 6.45) is 4.81. The number of nitrogens with zero attached hydrogens (tertiary/aromatic N) is 3. The molecule has 0 unspecified atom stereocenters. The van der Waals surface area contributed by atoms with Crippen molar-refractivity contribution in [1.29, 1.82) is 0 Å². The van der Waals surface area contributed by atoms with Crippen molar-refractivity contribution in [1.82, 2.24) is 19.9 Å². The molecule has 0 spiro atoms. The lowest BCUT2D eigenvalue weighted by Crippen LogP contribution is -2.12. The zero-order valence-electron chi connectivity index (χ0n) is 12.1. The van der Waals surface area contributed by atoms with Crippen molar-refractivity contribution in [2.24, 2.45) is 13.0 Å². The van der Waals surface area contributed by atoms with Gasteiger partial charge >= 0.3 is 0 Å². The van der Waals surface area contributed by atoms with Crippen molar-refractivity contribution in [3.63, 3.8) is 0 Å². The average Bonchev–Trinajstić information content (AvgIpc) is 2.92. The Bertz CT molecular complexity index is 527. The van der Waals surface area contributed by atoms with Crippen molar-refractivity contribution >= 4 is 11.3 Å². The minimum absolute atomic E-state index is 0.622. The fourth-order valence-electron chi connectivity index (χ4n) is 1.97. The van der Waals surface area contributed by atoms with Crippen molar-refractivity contribution in [2.45, 2.75) is 33.7 Å². The Hall–Kier alpha value is -1.20. The molecule has 0 aliphatic rings. The number of imidazole rings is 1. The Kier molecular flexibility index (Phi) is 4.71. The van der Waals surface area contributed by atoms with Crippen LogP contribution in [0.5, 0.6) is 0 Å². The van der Waals surface area contributed by atoms with E-state index in [1.165, 1.54) is 10.6 Å². The third kappa shape index (κ3) is 3.42. The highest BCUT2D eigenvalue weighted by molar-refractivity contribution is 7.15. The van der Waals surface area contributed by atoms with Gasteiger partial charge in [-0.25, -0.2) is 9.97 Å². The Morgan fingerprint density at radius 1 is 1.42 bits per heavy atom. The van der Waals surface area contributed by atoms with Crippen LogP contribution in [0.2, 0.25) is 0 Å². The lowest BCUT2D eigenvalue weighted by molar-refractivity contribution is 0.627. The van der Waals surface area contributed by atoms with Gasteiger partial charge in [0.25, 0.3) is 0 Å². The van der Waals surface area contributed by atoms with Crippen LogP contribution in [0.25, 0.3) is 10.8 Å². The number of aromatic nitrogens is 3. The van der Waals surface area contributed by atoms with Crippen LogP contribution in [0.15, 0.2) is 12.4 Å². The number of aryl methyl sites for hydroxylation is 1. The second kappa shape index (κ2) is 6.30. The predicted molar refractivity (Wildman–Crippen MR) is 80.2 cm³/mol. The van der Waals surface area contributed by atoms with Gasteiger partial charge in [0.05, 0.1) is 5.69 Å². The van der Waals surface area contributed by atoms with E-state index in [0.29, 0.717) is 5.92 Å². The van der Waals surface area contributed by atoms with Crippen molar-refractivity contribution in [2.75, 3.05) is 6.54 Å². The van der Waals surface area contributed by atoms with Gasteiger partial charge in [-0.15, -0.1) is 11.3 Å². The topological polar surface area (TPSA) is 42.7 Å². The molecule has 0 bridgehead atoms. The SMILES string of the molecule is CCNCc1sc(-c2nccn2C)nc1CC(C)C. The van der Waals surface area contributed by atoms with E-state index >= 15 is 0 Å². The van der Waals surface area contributed by atoms with Gasteiger partial charge in [0.15, 0.2) is 10.8 Å². The highest BCUT2D eigenvalue weighted by Crippen LogP contribution is 2.28. The summed E-state index contributed by atoms with van der Waals surface area (Å²) in [6.45, 7) is 8.48. The number of thiazole rings is 1. The van der Waals surface area contributed by atoms with E-state index < -0.39 is 0 Å². The van der Waals surface area contributed by atoms with Crippen molar-refractivity contribution in [3.8, 4) is 10.8 Å². The Morgan fingerprint density at radius 2 is 2.21 bits per heavy atom.